The average molecular weight is 415 g/mol. The van der Waals surface area contributed by atoms with Crippen LogP contribution in [0.3, 0.4) is 0 Å². The molecule has 6 heteroatoms. The molecule has 0 radical (unpaired) electrons. The second kappa shape index (κ2) is 9.14. The van der Waals surface area contributed by atoms with E-state index in [9.17, 15) is 9.90 Å². The average Bonchev–Trinajstić information content (AvgIpc) is 3.56. The van der Waals surface area contributed by atoms with E-state index in [1.807, 2.05) is 30.3 Å². The molecule has 1 aromatic heterocycles. The summed E-state index contributed by atoms with van der Waals surface area (Å²) in [5, 5.41) is 13.7. The number of halogens is 1. The van der Waals surface area contributed by atoms with Crippen LogP contribution in [0.5, 0.6) is 5.88 Å². The SMILES string of the molecule is O=C(NCC1CCCCC1O)c1cnc(OCC2CC2)c(-c2ccc(Cl)cc2)c1. The Balaban J connectivity index is 1.51. The highest BCUT2D eigenvalue weighted by Crippen LogP contribution is 2.33. The predicted molar refractivity (Wildman–Crippen MR) is 113 cm³/mol. The first-order chi connectivity index (χ1) is 14.1. The third-order valence-electron chi connectivity index (χ3n) is 5.81. The smallest absolute Gasteiger partial charge is 0.252 e. The molecule has 2 fully saturated rings. The summed E-state index contributed by atoms with van der Waals surface area (Å²) in [7, 11) is 0. The summed E-state index contributed by atoms with van der Waals surface area (Å²) in [4.78, 5) is 17.2. The normalized spacial score (nSPS) is 21.6. The van der Waals surface area contributed by atoms with Crippen LogP contribution in [0.25, 0.3) is 11.1 Å². The summed E-state index contributed by atoms with van der Waals surface area (Å²) < 4.78 is 5.94. The van der Waals surface area contributed by atoms with Crippen molar-refractivity contribution in [2.45, 2.75) is 44.6 Å². The number of amides is 1. The van der Waals surface area contributed by atoms with E-state index < -0.39 is 0 Å². The number of hydrogen-bond acceptors (Lipinski definition) is 4. The molecule has 4 rings (SSSR count). The molecule has 2 unspecified atom stereocenters. The molecule has 5 nitrogen and oxygen atoms in total. The molecular weight excluding hydrogens is 388 g/mol. The molecule has 1 amide bonds. The van der Waals surface area contributed by atoms with Crippen LogP contribution in [0.15, 0.2) is 36.5 Å². The first kappa shape index (κ1) is 20.2. The van der Waals surface area contributed by atoms with Gasteiger partial charge in [-0.15, -0.1) is 0 Å². The third-order valence-corrected chi connectivity index (χ3v) is 6.07. The number of nitrogens with zero attached hydrogens (tertiary/aromatic N) is 1. The summed E-state index contributed by atoms with van der Waals surface area (Å²) in [5.41, 5.74) is 2.18. The zero-order valence-electron chi connectivity index (χ0n) is 16.4. The molecule has 154 valence electrons. The Morgan fingerprint density at radius 1 is 1.17 bits per heavy atom. The van der Waals surface area contributed by atoms with Crippen molar-refractivity contribution in [3.63, 3.8) is 0 Å². The van der Waals surface area contributed by atoms with Gasteiger partial charge >= 0.3 is 0 Å². The highest BCUT2D eigenvalue weighted by atomic mass is 35.5. The third kappa shape index (κ3) is 5.28. The Kier molecular flexibility index (Phi) is 6.36. The number of aromatic nitrogens is 1. The highest BCUT2D eigenvalue weighted by molar-refractivity contribution is 6.30. The Bertz CT molecular complexity index is 852. The Morgan fingerprint density at radius 3 is 2.66 bits per heavy atom. The van der Waals surface area contributed by atoms with E-state index in [0.717, 1.165) is 36.8 Å². The van der Waals surface area contributed by atoms with E-state index in [1.54, 1.807) is 6.20 Å². The lowest BCUT2D eigenvalue weighted by molar-refractivity contribution is 0.0663. The van der Waals surface area contributed by atoms with Gasteiger partial charge in [-0.25, -0.2) is 4.98 Å². The van der Waals surface area contributed by atoms with Gasteiger partial charge in [-0.3, -0.25) is 4.79 Å². The van der Waals surface area contributed by atoms with Gasteiger partial charge in [-0.1, -0.05) is 36.6 Å². The van der Waals surface area contributed by atoms with Gasteiger partial charge in [0, 0.05) is 29.2 Å². The van der Waals surface area contributed by atoms with Gasteiger partial charge in [0.05, 0.1) is 18.3 Å². The van der Waals surface area contributed by atoms with Crippen molar-refractivity contribution in [1.82, 2.24) is 10.3 Å². The van der Waals surface area contributed by atoms with E-state index in [-0.39, 0.29) is 17.9 Å². The molecule has 2 aliphatic rings. The molecule has 0 bridgehead atoms. The zero-order chi connectivity index (χ0) is 20.2. The summed E-state index contributed by atoms with van der Waals surface area (Å²) in [6, 6.07) is 9.27. The van der Waals surface area contributed by atoms with Crippen molar-refractivity contribution >= 4 is 17.5 Å². The molecule has 1 aromatic carbocycles. The summed E-state index contributed by atoms with van der Waals surface area (Å²) >= 11 is 6.03. The van der Waals surface area contributed by atoms with Crippen LogP contribution in [0.2, 0.25) is 5.02 Å². The molecule has 0 aliphatic heterocycles. The van der Waals surface area contributed by atoms with Gasteiger partial charge in [-0.2, -0.15) is 0 Å². The summed E-state index contributed by atoms with van der Waals surface area (Å²) in [6.07, 6.45) is 7.56. The maximum absolute atomic E-state index is 12.7. The lowest BCUT2D eigenvalue weighted by Gasteiger charge is -2.27. The lowest BCUT2D eigenvalue weighted by atomic mass is 9.86. The summed E-state index contributed by atoms with van der Waals surface area (Å²) in [5.74, 6) is 1.09. The van der Waals surface area contributed by atoms with Gasteiger partial charge in [0.25, 0.3) is 5.91 Å². The second-order valence-corrected chi connectivity index (χ2v) is 8.60. The maximum Gasteiger partial charge on any atom is 0.252 e. The van der Waals surface area contributed by atoms with Crippen LogP contribution in [0.1, 0.15) is 48.9 Å². The van der Waals surface area contributed by atoms with Crippen molar-refractivity contribution in [1.29, 1.82) is 0 Å². The van der Waals surface area contributed by atoms with Crippen LogP contribution in [0.4, 0.5) is 0 Å². The van der Waals surface area contributed by atoms with Crippen molar-refractivity contribution in [2.75, 3.05) is 13.2 Å². The molecule has 29 heavy (non-hydrogen) atoms. The number of rotatable bonds is 7. The van der Waals surface area contributed by atoms with Crippen molar-refractivity contribution in [3.05, 3.63) is 47.1 Å². The van der Waals surface area contributed by atoms with Gasteiger partial charge in [0.1, 0.15) is 0 Å². The van der Waals surface area contributed by atoms with Crippen LogP contribution >= 0.6 is 11.6 Å². The fourth-order valence-electron chi connectivity index (χ4n) is 3.76. The van der Waals surface area contributed by atoms with Crippen LogP contribution in [-0.2, 0) is 0 Å². The molecular formula is C23H27ClN2O3. The van der Waals surface area contributed by atoms with Crippen molar-refractivity contribution in [2.24, 2.45) is 11.8 Å². The molecule has 1 heterocycles. The fourth-order valence-corrected chi connectivity index (χ4v) is 3.89. The quantitative estimate of drug-likeness (QED) is 0.701. The predicted octanol–water partition coefficient (Wildman–Crippen LogP) is 4.47. The number of carbonyl (C=O) groups is 1. The van der Waals surface area contributed by atoms with Gasteiger partial charge in [0.15, 0.2) is 0 Å². The van der Waals surface area contributed by atoms with Gasteiger partial charge < -0.3 is 15.2 Å². The number of hydrogen-bond donors (Lipinski definition) is 2. The minimum Gasteiger partial charge on any atom is -0.477 e. The molecule has 2 saturated carbocycles. The number of pyridine rings is 1. The zero-order valence-corrected chi connectivity index (χ0v) is 17.2. The van der Waals surface area contributed by atoms with E-state index in [2.05, 4.69) is 10.3 Å². The van der Waals surface area contributed by atoms with E-state index in [1.165, 1.54) is 12.8 Å². The van der Waals surface area contributed by atoms with Crippen LogP contribution in [0, 0.1) is 11.8 Å². The Morgan fingerprint density at radius 2 is 1.93 bits per heavy atom. The second-order valence-electron chi connectivity index (χ2n) is 8.16. The van der Waals surface area contributed by atoms with E-state index in [0.29, 0.717) is 35.5 Å². The largest absolute Gasteiger partial charge is 0.477 e. The number of aliphatic hydroxyl groups is 1. The minimum absolute atomic E-state index is 0.123. The van der Waals surface area contributed by atoms with E-state index >= 15 is 0 Å². The Hall–Kier alpha value is -2.11. The minimum atomic E-state index is -0.329. The van der Waals surface area contributed by atoms with Gasteiger partial charge in [-0.05, 0) is 55.4 Å². The van der Waals surface area contributed by atoms with Crippen molar-refractivity contribution in [3.8, 4) is 17.0 Å². The number of benzene rings is 1. The molecule has 2 N–H and O–H groups in total. The molecule has 2 aromatic rings. The highest BCUT2D eigenvalue weighted by Gasteiger charge is 2.25. The van der Waals surface area contributed by atoms with Crippen LogP contribution in [-0.4, -0.2) is 35.3 Å². The molecule has 2 atom stereocenters. The Labute approximate surface area is 176 Å². The molecule has 0 saturated heterocycles. The topological polar surface area (TPSA) is 71.5 Å². The number of aliphatic hydroxyl groups excluding tert-OH is 1. The number of ether oxygens (including phenoxy) is 1. The first-order valence-corrected chi connectivity index (χ1v) is 10.8. The lowest BCUT2D eigenvalue weighted by Crippen LogP contribution is -2.36. The molecule has 2 aliphatic carbocycles. The standard InChI is InChI=1S/C23H27ClN2O3/c24-19-9-7-16(8-10-19)20-11-18(13-26-23(20)29-14-15-5-6-15)22(28)25-12-17-3-1-2-4-21(17)27/h7-11,13,15,17,21,27H,1-6,12,14H2,(H,25,28). The maximum atomic E-state index is 12.7. The summed E-state index contributed by atoms with van der Waals surface area (Å²) in [6.45, 7) is 1.13. The first-order valence-electron chi connectivity index (χ1n) is 10.4. The van der Waals surface area contributed by atoms with Gasteiger partial charge in [0.2, 0.25) is 5.88 Å². The monoisotopic (exact) mass is 414 g/mol. The molecule has 0 spiro atoms. The number of nitrogens with one attached hydrogen (secondary N) is 1. The fraction of sp³-hybridized carbons (Fsp3) is 0.478. The van der Waals surface area contributed by atoms with Crippen molar-refractivity contribution < 1.29 is 14.6 Å². The van der Waals surface area contributed by atoms with E-state index in [4.69, 9.17) is 16.3 Å². The number of carbonyl (C=O) groups excluding carboxylic acids is 1. The van der Waals surface area contributed by atoms with Crippen LogP contribution < -0.4 is 10.1 Å².